The summed E-state index contributed by atoms with van der Waals surface area (Å²) >= 11 is 0. The van der Waals surface area contributed by atoms with Crippen LogP contribution in [0, 0.1) is 18.6 Å². The number of rotatable bonds is 8. The predicted molar refractivity (Wildman–Crippen MR) is 131 cm³/mol. The Labute approximate surface area is 207 Å². The van der Waals surface area contributed by atoms with Gasteiger partial charge in [0.25, 0.3) is 0 Å². The van der Waals surface area contributed by atoms with E-state index in [1.165, 1.54) is 12.1 Å². The lowest BCUT2D eigenvalue weighted by Gasteiger charge is -2.11. The van der Waals surface area contributed by atoms with Gasteiger partial charge in [0.2, 0.25) is 0 Å². The van der Waals surface area contributed by atoms with Gasteiger partial charge in [-0.25, -0.2) is 18.7 Å². The van der Waals surface area contributed by atoms with Gasteiger partial charge in [-0.3, -0.25) is 9.67 Å². The monoisotopic (exact) mass is 488 g/mol. The predicted octanol–water partition coefficient (Wildman–Crippen LogP) is 5.88. The summed E-state index contributed by atoms with van der Waals surface area (Å²) in [6.07, 6.45) is 8.99. The molecule has 0 saturated heterocycles. The van der Waals surface area contributed by atoms with Gasteiger partial charge in [-0.05, 0) is 68.4 Å². The summed E-state index contributed by atoms with van der Waals surface area (Å²) in [6, 6.07) is 6.61. The van der Waals surface area contributed by atoms with Crippen LogP contribution in [0.15, 0.2) is 42.9 Å². The lowest BCUT2D eigenvalue weighted by Crippen LogP contribution is -2.10. The summed E-state index contributed by atoms with van der Waals surface area (Å²) in [6.45, 7) is 1.99. The molecule has 2 aliphatic carbocycles. The first-order chi connectivity index (χ1) is 17.5. The van der Waals surface area contributed by atoms with Gasteiger partial charge in [0.15, 0.2) is 17.4 Å². The van der Waals surface area contributed by atoms with Crippen molar-refractivity contribution in [3.05, 3.63) is 76.9 Å². The Bertz CT molecular complexity index is 1410. The van der Waals surface area contributed by atoms with E-state index in [0.29, 0.717) is 29.0 Å². The zero-order valence-electron chi connectivity index (χ0n) is 20.1. The fourth-order valence-electron chi connectivity index (χ4n) is 4.64. The first kappa shape index (κ1) is 22.6. The van der Waals surface area contributed by atoms with Crippen molar-refractivity contribution in [2.75, 3.05) is 12.4 Å². The maximum Gasteiger partial charge on any atom is 0.182 e. The van der Waals surface area contributed by atoms with Crippen LogP contribution >= 0.6 is 0 Å². The molecule has 2 saturated carbocycles. The molecule has 1 N–H and O–H groups in total. The number of pyridine rings is 1. The number of hydrogen-bond acceptors (Lipinski definition) is 6. The van der Waals surface area contributed by atoms with E-state index in [1.807, 2.05) is 19.1 Å². The summed E-state index contributed by atoms with van der Waals surface area (Å²) in [5, 5.41) is 8.01. The standard InChI is InChI=1S/C27H26F2N6O/c1-15-24(27-31-13-23(36-2)26(33-27)32-19-7-9-30-10-8-19)34-35(25(15)17-5-6-17)14-20-21(28)11-18(12-22(20)29)16-3-4-16/h7-13,16-17H,3-6,14H2,1-2H3,(H,30,31,32,33). The van der Waals surface area contributed by atoms with Crippen LogP contribution in [0.3, 0.4) is 0 Å². The smallest absolute Gasteiger partial charge is 0.182 e. The van der Waals surface area contributed by atoms with Gasteiger partial charge in [0.05, 0.1) is 19.9 Å². The summed E-state index contributed by atoms with van der Waals surface area (Å²) in [5.74, 6) is 0.950. The van der Waals surface area contributed by atoms with Crippen molar-refractivity contribution in [1.29, 1.82) is 0 Å². The molecule has 9 heteroatoms. The zero-order valence-corrected chi connectivity index (χ0v) is 20.1. The second-order valence-electron chi connectivity index (χ2n) is 9.50. The molecule has 184 valence electrons. The Balaban J connectivity index is 1.37. The molecular weight excluding hydrogens is 462 g/mol. The van der Waals surface area contributed by atoms with Crippen molar-refractivity contribution in [1.82, 2.24) is 24.7 Å². The minimum atomic E-state index is -0.516. The summed E-state index contributed by atoms with van der Waals surface area (Å²) < 4.78 is 37.1. The number of aromatic nitrogens is 5. The molecule has 3 heterocycles. The lowest BCUT2D eigenvalue weighted by molar-refractivity contribution is 0.413. The molecule has 7 nitrogen and oxygen atoms in total. The Morgan fingerprint density at radius 2 is 1.75 bits per heavy atom. The van der Waals surface area contributed by atoms with Gasteiger partial charge in [0, 0.05) is 40.8 Å². The fraction of sp³-hybridized carbons (Fsp3) is 0.333. The lowest BCUT2D eigenvalue weighted by atomic mass is 10.1. The number of nitrogens with zero attached hydrogens (tertiary/aromatic N) is 5. The Hall–Kier alpha value is -3.88. The van der Waals surface area contributed by atoms with Crippen LogP contribution in [0.25, 0.3) is 11.5 Å². The van der Waals surface area contributed by atoms with Gasteiger partial charge in [-0.1, -0.05) is 0 Å². The molecular formula is C27H26F2N6O. The van der Waals surface area contributed by atoms with E-state index in [4.69, 9.17) is 14.8 Å². The van der Waals surface area contributed by atoms with Crippen LogP contribution < -0.4 is 10.1 Å². The van der Waals surface area contributed by atoms with Crippen LogP contribution in [-0.2, 0) is 6.54 Å². The number of methoxy groups -OCH3 is 1. The van der Waals surface area contributed by atoms with E-state index in [2.05, 4.69) is 15.3 Å². The highest BCUT2D eigenvalue weighted by molar-refractivity contribution is 5.66. The van der Waals surface area contributed by atoms with E-state index in [-0.39, 0.29) is 18.0 Å². The highest BCUT2D eigenvalue weighted by Crippen LogP contribution is 2.44. The molecule has 0 spiro atoms. The molecule has 0 atom stereocenters. The van der Waals surface area contributed by atoms with Gasteiger partial charge in [-0.2, -0.15) is 5.10 Å². The molecule has 4 aromatic rings. The topological polar surface area (TPSA) is 77.8 Å². The minimum Gasteiger partial charge on any atom is -0.491 e. The van der Waals surface area contributed by atoms with Gasteiger partial charge in [-0.15, -0.1) is 0 Å². The molecule has 0 aliphatic heterocycles. The van der Waals surface area contributed by atoms with Crippen molar-refractivity contribution in [3.63, 3.8) is 0 Å². The molecule has 0 bridgehead atoms. The number of anilines is 2. The van der Waals surface area contributed by atoms with Crippen molar-refractivity contribution < 1.29 is 13.5 Å². The summed E-state index contributed by atoms with van der Waals surface area (Å²) in [5.41, 5.74) is 4.08. The summed E-state index contributed by atoms with van der Waals surface area (Å²) in [4.78, 5) is 13.2. The first-order valence-electron chi connectivity index (χ1n) is 12.2. The molecule has 6 rings (SSSR count). The largest absolute Gasteiger partial charge is 0.491 e. The highest BCUT2D eigenvalue weighted by Gasteiger charge is 2.33. The van der Waals surface area contributed by atoms with Gasteiger partial charge < -0.3 is 10.1 Å². The second kappa shape index (κ2) is 8.96. The maximum absolute atomic E-state index is 15.0. The van der Waals surface area contributed by atoms with E-state index in [1.54, 1.807) is 30.4 Å². The number of halogens is 2. The SMILES string of the molecule is COc1cnc(-c2nn(Cc3c(F)cc(C4CC4)cc3F)c(C3CC3)c2C)nc1Nc1ccncc1. The maximum atomic E-state index is 15.0. The van der Waals surface area contributed by atoms with Crippen molar-refractivity contribution in [3.8, 4) is 17.3 Å². The molecule has 3 aromatic heterocycles. The molecule has 0 amide bonds. The Kier molecular flexibility index (Phi) is 5.62. The Morgan fingerprint density at radius 1 is 1.06 bits per heavy atom. The Morgan fingerprint density at radius 3 is 2.39 bits per heavy atom. The second-order valence-corrected chi connectivity index (χ2v) is 9.50. The van der Waals surface area contributed by atoms with Crippen molar-refractivity contribution in [2.45, 2.75) is 51.0 Å². The minimum absolute atomic E-state index is 0.0214. The average molecular weight is 489 g/mol. The third-order valence-electron chi connectivity index (χ3n) is 6.85. The first-order valence-corrected chi connectivity index (χ1v) is 12.2. The van der Waals surface area contributed by atoms with E-state index in [9.17, 15) is 8.78 Å². The third-order valence-corrected chi connectivity index (χ3v) is 6.85. The van der Waals surface area contributed by atoms with Gasteiger partial charge in [0.1, 0.15) is 17.3 Å². The number of hydrogen-bond donors (Lipinski definition) is 1. The van der Waals surface area contributed by atoms with Crippen molar-refractivity contribution in [2.24, 2.45) is 0 Å². The summed E-state index contributed by atoms with van der Waals surface area (Å²) in [7, 11) is 1.55. The number of nitrogens with one attached hydrogen (secondary N) is 1. The van der Waals surface area contributed by atoms with Crippen LogP contribution in [0.2, 0.25) is 0 Å². The molecule has 0 unspecified atom stereocenters. The van der Waals surface area contributed by atoms with Crippen molar-refractivity contribution >= 4 is 11.5 Å². The van der Waals surface area contributed by atoms with E-state index in [0.717, 1.165) is 48.2 Å². The molecule has 36 heavy (non-hydrogen) atoms. The quantitative estimate of drug-likeness (QED) is 0.334. The molecule has 2 fully saturated rings. The molecule has 2 aliphatic rings. The molecule has 1 aromatic carbocycles. The third kappa shape index (κ3) is 4.29. The number of benzene rings is 1. The zero-order chi connectivity index (χ0) is 24.8. The van der Waals surface area contributed by atoms with Crippen LogP contribution in [0.5, 0.6) is 5.75 Å². The highest BCUT2D eigenvalue weighted by atomic mass is 19.1. The van der Waals surface area contributed by atoms with E-state index >= 15 is 0 Å². The van der Waals surface area contributed by atoms with Crippen LogP contribution in [-0.4, -0.2) is 31.8 Å². The van der Waals surface area contributed by atoms with Crippen LogP contribution in [0.4, 0.5) is 20.3 Å². The fourth-order valence-corrected chi connectivity index (χ4v) is 4.64. The van der Waals surface area contributed by atoms with Crippen LogP contribution in [0.1, 0.15) is 59.9 Å². The normalized spacial score (nSPS) is 15.2. The number of ether oxygens (including phenoxy) is 1. The van der Waals surface area contributed by atoms with Gasteiger partial charge >= 0.3 is 0 Å². The molecule has 0 radical (unpaired) electrons. The van der Waals surface area contributed by atoms with E-state index < -0.39 is 11.6 Å². The average Bonchev–Trinajstić information content (AvgIpc) is 3.80.